The third-order valence-corrected chi connectivity index (χ3v) is 4.00. The Balaban J connectivity index is 1.69. The second-order valence-corrected chi connectivity index (χ2v) is 5.18. The molecule has 0 atom stereocenters. The van der Waals surface area contributed by atoms with E-state index >= 15 is 0 Å². The molecule has 0 aliphatic carbocycles. The molecule has 0 radical (unpaired) electrons. The zero-order valence-electron chi connectivity index (χ0n) is 11.3. The molecule has 1 aromatic heterocycles. The number of aryl methyl sites for hydroxylation is 1. The summed E-state index contributed by atoms with van der Waals surface area (Å²) in [6, 6.07) is 8.76. The number of benzene rings is 1. The highest BCUT2D eigenvalue weighted by atomic mass is 15.2. The van der Waals surface area contributed by atoms with Gasteiger partial charge in [-0.1, -0.05) is 24.3 Å². The molecule has 2 heterocycles. The smallest absolute Gasteiger partial charge is 0.147 e. The summed E-state index contributed by atoms with van der Waals surface area (Å²) in [7, 11) is 0. The topological polar surface area (TPSA) is 29.0 Å². The van der Waals surface area contributed by atoms with Gasteiger partial charge < -0.3 is 4.90 Å². The molecule has 2 aromatic rings. The highest BCUT2D eigenvalue weighted by molar-refractivity contribution is 5.37. The van der Waals surface area contributed by atoms with Gasteiger partial charge in [0.15, 0.2) is 0 Å². The number of hydrogen-bond donors (Lipinski definition) is 0. The molecule has 0 spiro atoms. The first-order chi connectivity index (χ1) is 9.34. The van der Waals surface area contributed by atoms with E-state index in [0.29, 0.717) is 5.92 Å². The van der Waals surface area contributed by atoms with Crippen LogP contribution >= 0.6 is 0 Å². The van der Waals surface area contributed by atoms with Gasteiger partial charge in [0.2, 0.25) is 0 Å². The molecule has 0 saturated carbocycles. The van der Waals surface area contributed by atoms with E-state index in [-0.39, 0.29) is 0 Å². The summed E-state index contributed by atoms with van der Waals surface area (Å²) in [6.07, 6.45) is 7.74. The Kier molecular flexibility index (Phi) is 3.45. The van der Waals surface area contributed by atoms with Crippen LogP contribution < -0.4 is 4.90 Å². The second kappa shape index (κ2) is 5.39. The van der Waals surface area contributed by atoms with Crippen molar-refractivity contribution in [2.24, 2.45) is 0 Å². The zero-order chi connectivity index (χ0) is 13.1. The monoisotopic (exact) mass is 253 g/mol. The molecule has 19 heavy (non-hydrogen) atoms. The lowest BCUT2D eigenvalue weighted by molar-refractivity contribution is 0.500. The van der Waals surface area contributed by atoms with Crippen LogP contribution in [0.2, 0.25) is 0 Å². The molecule has 98 valence electrons. The van der Waals surface area contributed by atoms with Crippen LogP contribution in [-0.4, -0.2) is 23.1 Å². The average Bonchev–Trinajstić information content (AvgIpc) is 2.49. The van der Waals surface area contributed by atoms with Crippen LogP contribution in [-0.2, 0) is 0 Å². The number of piperidine rings is 1. The van der Waals surface area contributed by atoms with Crippen molar-refractivity contribution in [3.05, 3.63) is 54.0 Å². The first kappa shape index (κ1) is 12.2. The highest BCUT2D eigenvalue weighted by Gasteiger charge is 2.22. The van der Waals surface area contributed by atoms with Crippen molar-refractivity contribution in [2.75, 3.05) is 18.0 Å². The lowest BCUT2D eigenvalue weighted by atomic mass is 9.87. The highest BCUT2D eigenvalue weighted by Crippen LogP contribution is 2.31. The Morgan fingerprint density at radius 1 is 1.11 bits per heavy atom. The number of anilines is 1. The molecular formula is C16H19N3. The zero-order valence-corrected chi connectivity index (χ0v) is 11.3. The van der Waals surface area contributed by atoms with Gasteiger partial charge in [-0.3, -0.25) is 4.98 Å². The van der Waals surface area contributed by atoms with E-state index < -0.39 is 0 Å². The quantitative estimate of drug-likeness (QED) is 0.823. The molecule has 1 fully saturated rings. The van der Waals surface area contributed by atoms with Crippen molar-refractivity contribution in [1.82, 2.24) is 9.97 Å². The van der Waals surface area contributed by atoms with Crippen LogP contribution in [0.1, 0.15) is 29.9 Å². The molecule has 1 saturated heterocycles. The molecular weight excluding hydrogens is 234 g/mol. The van der Waals surface area contributed by atoms with Crippen molar-refractivity contribution in [3.8, 4) is 0 Å². The van der Waals surface area contributed by atoms with E-state index in [9.17, 15) is 0 Å². The predicted molar refractivity (Wildman–Crippen MR) is 77.4 cm³/mol. The Morgan fingerprint density at radius 3 is 2.58 bits per heavy atom. The Hall–Kier alpha value is -1.90. The molecule has 0 N–H and O–H groups in total. The van der Waals surface area contributed by atoms with E-state index in [1.165, 1.54) is 24.0 Å². The largest absolute Gasteiger partial charge is 0.355 e. The fourth-order valence-corrected chi connectivity index (χ4v) is 2.92. The van der Waals surface area contributed by atoms with Crippen molar-refractivity contribution in [1.29, 1.82) is 0 Å². The van der Waals surface area contributed by atoms with Gasteiger partial charge in [-0.15, -0.1) is 0 Å². The first-order valence-electron chi connectivity index (χ1n) is 6.91. The van der Waals surface area contributed by atoms with Gasteiger partial charge in [0.25, 0.3) is 0 Å². The molecule has 0 unspecified atom stereocenters. The average molecular weight is 253 g/mol. The van der Waals surface area contributed by atoms with Crippen molar-refractivity contribution in [3.63, 3.8) is 0 Å². The maximum Gasteiger partial charge on any atom is 0.147 e. The van der Waals surface area contributed by atoms with Gasteiger partial charge in [-0.25, -0.2) is 4.98 Å². The van der Waals surface area contributed by atoms with Crippen LogP contribution in [0, 0.1) is 6.92 Å². The number of aromatic nitrogens is 2. The van der Waals surface area contributed by atoms with E-state index in [0.717, 1.165) is 18.9 Å². The SMILES string of the molecule is Cc1ccccc1C1CCN(c2cnccn2)CC1. The van der Waals surface area contributed by atoms with E-state index in [1.807, 2.05) is 6.20 Å². The fourth-order valence-electron chi connectivity index (χ4n) is 2.92. The lowest BCUT2D eigenvalue weighted by Gasteiger charge is -2.33. The number of rotatable bonds is 2. The summed E-state index contributed by atoms with van der Waals surface area (Å²) in [6.45, 7) is 4.35. The Bertz CT molecular complexity index is 531. The van der Waals surface area contributed by atoms with Crippen LogP contribution in [0.3, 0.4) is 0 Å². The predicted octanol–water partition coefficient (Wildman–Crippen LogP) is 3.17. The molecule has 1 aliphatic rings. The molecule has 3 heteroatoms. The summed E-state index contributed by atoms with van der Waals surface area (Å²) in [5.41, 5.74) is 2.93. The number of hydrogen-bond acceptors (Lipinski definition) is 3. The molecule has 3 nitrogen and oxygen atoms in total. The van der Waals surface area contributed by atoms with Crippen molar-refractivity contribution < 1.29 is 0 Å². The van der Waals surface area contributed by atoms with Crippen LogP contribution in [0.4, 0.5) is 5.82 Å². The third kappa shape index (κ3) is 2.60. The van der Waals surface area contributed by atoms with Crippen molar-refractivity contribution >= 4 is 5.82 Å². The van der Waals surface area contributed by atoms with Crippen LogP contribution in [0.15, 0.2) is 42.9 Å². The fraction of sp³-hybridized carbons (Fsp3) is 0.375. The minimum Gasteiger partial charge on any atom is -0.355 e. The first-order valence-corrected chi connectivity index (χ1v) is 6.91. The van der Waals surface area contributed by atoms with Crippen LogP contribution in [0.25, 0.3) is 0 Å². The molecule has 1 aromatic carbocycles. The van der Waals surface area contributed by atoms with Gasteiger partial charge in [0.1, 0.15) is 5.82 Å². The van der Waals surface area contributed by atoms with E-state index in [2.05, 4.69) is 46.1 Å². The van der Waals surface area contributed by atoms with Crippen molar-refractivity contribution in [2.45, 2.75) is 25.7 Å². The Morgan fingerprint density at radius 2 is 1.89 bits per heavy atom. The van der Waals surface area contributed by atoms with Crippen LogP contribution in [0.5, 0.6) is 0 Å². The standard InChI is InChI=1S/C16H19N3/c1-13-4-2-3-5-15(13)14-6-10-19(11-7-14)16-12-17-8-9-18-16/h2-5,8-9,12,14H,6-7,10-11H2,1H3. The second-order valence-electron chi connectivity index (χ2n) is 5.18. The summed E-state index contributed by atoms with van der Waals surface area (Å²) >= 11 is 0. The lowest BCUT2D eigenvalue weighted by Crippen LogP contribution is -2.33. The maximum atomic E-state index is 4.38. The van der Waals surface area contributed by atoms with Gasteiger partial charge in [0, 0.05) is 25.5 Å². The summed E-state index contributed by atoms with van der Waals surface area (Å²) in [5, 5.41) is 0. The molecule has 3 rings (SSSR count). The van der Waals surface area contributed by atoms with Gasteiger partial charge >= 0.3 is 0 Å². The maximum absolute atomic E-state index is 4.38. The minimum absolute atomic E-state index is 0.689. The summed E-state index contributed by atoms with van der Waals surface area (Å²) in [5.74, 6) is 1.69. The van der Waals surface area contributed by atoms with Gasteiger partial charge in [-0.05, 0) is 36.8 Å². The Labute approximate surface area is 114 Å². The summed E-state index contributed by atoms with van der Waals surface area (Å²) < 4.78 is 0. The molecule has 0 bridgehead atoms. The molecule has 0 amide bonds. The third-order valence-electron chi connectivity index (χ3n) is 4.00. The molecule has 1 aliphatic heterocycles. The van der Waals surface area contributed by atoms with E-state index in [4.69, 9.17) is 0 Å². The van der Waals surface area contributed by atoms with Gasteiger partial charge in [-0.2, -0.15) is 0 Å². The van der Waals surface area contributed by atoms with E-state index in [1.54, 1.807) is 12.4 Å². The normalized spacial score (nSPS) is 16.6. The number of nitrogens with zero attached hydrogens (tertiary/aromatic N) is 3. The van der Waals surface area contributed by atoms with Gasteiger partial charge in [0.05, 0.1) is 6.20 Å². The minimum atomic E-state index is 0.689. The summed E-state index contributed by atoms with van der Waals surface area (Å²) in [4.78, 5) is 10.9.